The van der Waals surface area contributed by atoms with E-state index >= 15 is 0 Å². The monoisotopic (exact) mass is 341 g/mol. The Kier molecular flexibility index (Phi) is 5.45. The molecule has 3 N–H and O–H groups in total. The smallest absolute Gasteiger partial charge is 0.272 e. The number of piperidine rings is 1. The maximum Gasteiger partial charge on any atom is 0.272 e. The van der Waals surface area contributed by atoms with Gasteiger partial charge in [-0.15, -0.1) is 0 Å². The largest absolute Gasteiger partial charge is 0.339 e. The van der Waals surface area contributed by atoms with Crippen LogP contribution in [0.25, 0.3) is 0 Å². The van der Waals surface area contributed by atoms with Gasteiger partial charge in [0.05, 0.1) is 6.04 Å². The third-order valence-electron chi connectivity index (χ3n) is 4.27. The summed E-state index contributed by atoms with van der Waals surface area (Å²) in [6.45, 7) is 3.54. The van der Waals surface area contributed by atoms with E-state index in [-0.39, 0.29) is 17.9 Å². The molecule has 25 heavy (non-hydrogen) atoms. The van der Waals surface area contributed by atoms with Crippen LogP contribution < -0.4 is 16.0 Å². The molecule has 7 nitrogen and oxygen atoms in total. The van der Waals surface area contributed by atoms with E-state index in [1.807, 2.05) is 29.1 Å². The van der Waals surface area contributed by atoms with Crippen molar-refractivity contribution < 1.29 is 9.59 Å². The van der Waals surface area contributed by atoms with Crippen LogP contribution >= 0.6 is 0 Å². The van der Waals surface area contributed by atoms with Crippen LogP contribution in [0.15, 0.2) is 42.6 Å². The lowest BCUT2D eigenvalue weighted by Crippen LogP contribution is -2.41. The van der Waals surface area contributed by atoms with Gasteiger partial charge in [0.15, 0.2) is 0 Å². The standard InChI is InChI=1S/C18H23N5O2/c1-13(17(24)21-14-6-3-2-4-7-14)20-18(25)16-9-11-23(22-16)15-8-5-10-19-12-15/h2-4,6-7,9,11,13,15,19H,5,8,10,12H2,1H3,(H,20,25)(H,21,24). The lowest BCUT2D eigenvalue weighted by Gasteiger charge is -2.22. The number of amides is 2. The summed E-state index contributed by atoms with van der Waals surface area (Å²) in [6.07, 6.45) is 3.97. The minimum atomic E-state index is -0.658. The van der Waals surface area contributed by atoms with Crippen LogP contribution in [-0.2, 0) is 4.79 Å². The second-order valence-electron chi connectivity index (χ2n) is 6.23. The molecule has 1 aliphatic rings. The normalized spacial score (nSPS) is 18.4. The molecule has 2 unspecified atom stereocenters. The highest BCUT2D eigenvalue weighted by molar-refractivity contribution is 6.00. The molecule has 7 heteroatoms. The molecule has 1 fully saturated rings. The van der Waals surface area contributed by atoms with E-state index in [1.54, 1.807) is 25.1 Å². The molecule has 132 valence electrons. The lowest BCUT2D eigenvalue weighted by molar-refractivity contribution is -0.117. The zero-order chi connectivity index (χ0) is 17.6. The van der Waals surface area contributed by atoms with Crippen LogP contribution in [0.2, 0.25) is 0 Å². The highest BCUT2D eigenvalue weighted by atomic mass is 16.2. The van der Waals surface area contributed by atoms with E-state index in [0.717, 1.165) is 25.9 Å². The first-order valence-electron chi connectivity index (χ1n) is 8.56. The quantitative estimate of drug-likeness (QED) is 0.770. The first-order valence-corrected chi connectivity index (χ1v) is 8.56. The van der Waals surface area contributed by atoms with E-state index in [9.17, 15) is 9.59 Å². The molecular weight excluding hydrogens is 318 g/mol. The summed E-state index contributed by atoms with van der Waals surface area (Å²) in [6, 6.07) is 10.4. The summed E-state index contributed by atoms with van der Waals surface area (Å²) in [5, 5.41) is 13.1. The van der Waals surface area contributed by atoms with Gasteiger partial charge in [-0.2, -0.15) is 5.10 Å². The third kappa shape index (κ3) is 4.45. The lowest BCUT2D eigenvalue weighted by atomic mass is 10.1. The predicted molar refractivity (Wildman–Crippen MR) is 95.4 cm³/mol. The zero-order valence-electron chi connectivity index (χ0n) is 14.2. The average Bonchev–Trinajstić information content (AvgIpc) is 3.13. The maximum absolute atomic E-state index is 12.3. The van der Waals surface area contributed by atoms with Crippen molar-refractivity contribution in [2.45, 2.75) is 31.8 Å². The number of nitrogens with zero attached hydrogens (tertiary/aromatic N) is 2. The zero-order valence-corrected chi connectivity index (χ0v) is 14.2. The molecule has 1 aromatic heterocycles. The summed E-state index contributed by atoms with van der Waals surface area (Å²) in [5.74, 6) is -0.617. The minimum absolute atomic E-state index is 0.268. The molecule has 2 atom stereocenters. The van der Waals surface area contributed by atoms with Crippen molar-refractivity contribution in [1.29, 1.82) is 0 Å². The molecule has 2 aromatic rings. The molecule has 0 aliphatic carbocycles. The number of aromatic nitrogens is 2. The Morgan fingerprint density at radius 2 is 2.08 bits per heavy atom. The van der Waals surface area contributed by atoms with Gasteiger partial charge >= 0.3 is 0 Å². The van der Waals surface area contributed by atoms with E-state index in [1.165, 1.54) is 0 Å². The number of benzene rings is 1. The van der Waals surface area contributed by atoms with Gasteiger partial charge in [0.1, 0.15) is 11.7 Å². The Hall–Kier alpha value is -2.67. The van der Waals surface area contributed by atoms with Crippen LogP contribution in [-0.4, -0.2) is 40.7 Å². The fraction of sp³-hybridized carbons (Fsp3) is 0.389. The molecule has 1 aromatic carbocycles. The van der Waals surface area contributed by atoms with Crippen molar-refractivity contribution in [1.82, 2.24) is 20.4 Å². The van der Waals surface area contributed by atoms with Gasteiger partial charge in [-0.3, -0.25) is 14.3 Å². The molecule has 1 aliphatic heterocycles. The topological polar surface area (TPSA) is 88.1 Å². The Bertz CT molecular complexity index is 722. The fourth-order valence-electron chi connectivity index (χ4n) is 2.83. The Balaban J connectivity index is 1.56. The first kappa shape index (κ1) is 17.2. The van der Waals surface area contributed by atoms with E-state index in [4.69, 9.17) is 0 Å². The number of rotatable bonds is 5. The van der Waals surface area contributed by atoms with Gasteiger partial charge in [-0.25, -0.2) is 0 Å². The van der Waals surface area contributed by atoms with Gasteiger partial charge < -0.3 is 16.0 Å². The van der Waals surface area contributed by atoms with E-state index in [0.29, 0.717) is 11.4 Å². The van der Waals surface area contributed by atoms with Crippen molar-refractivity contribution in [3.63, 3.8) is 0 Å². The number of carbonyl (C=O) groups excluding carboxylic acids is 2. The number of hydrogen-bond donors (Lipinski definition) is 3. The highest BCUT2D eigenvalue weighted by Crippen LogP contribution is 2.15. The Labute approximate surface area is 146 Å². The summed E-state index contributed by atoms with van der Waals surface area (Å²) < 4.78 is 1.83. The molecule has 1 saturated heterocycles. The molecule has 0 bridgehead atoms. The van der Waals surface area contributed by atoms with Gasteiger partial charge in [0.25, 0.3) is 5.91 Å². The Morgan fingerprint density at radius 3 is 2.80 bits per heavy atom. The van der Waals surface area contributed by atoms with Gasteiger partial charge in [0.2, 0.25) is 5.91 Å². The van der Waals surface area contributed by atoms with Crippen molar-refractivity contribution in [3.05, 3.63) is 48.3 Å². The number of hydrogen-bond acceptors (Lipinski definition) is 4. The maximum atomic E-state index is 12.3. The van der Waals surface area contributed by atoms with E-state index in [2.05, 4.69) is 21.0 Å². The summed E-state index contributed by atoms with van der Waals surface area (Å²) in [7, 11) is 0. The van der Waals surface area contributed by atoms with Crippen LogP contribution in [0.3, 0.4) is 0 Å². The van der Waals surface area contributed by atoms with Crippen molar-refractivity contribution in [2.24, 2.45) is 0 Å². The fourth-order valence-corrected chi connectivity index (χ4v) is 2.83. The second kappa shape index (κ2) is 7.94. The molecule has 3 rings (SSSR count). The summed E-state index contributed by atoms with van der Waals surface area (Å²) >= 11 is 0. The average molecular weight is 341 g/mol. The van der Waals surface area contributed by atoms with Crippen molar-refractivity contribution in [2.75, 3.05) is 18.4 Å². The molecule has 0 spiro atoms. The van der Waals surface area contributed by atoms with Crippen LogP contribution in [0.1, 0.15) is 36.3 Å². The first-order chi connectivity index (χ1) is 12.1. The second-order valence-corrected chi connectivity index (χ2v) is 6.23. The summed E-state index contributed by atoms with van der Waals surface area (Å²) in [4.78, 5) is 24.5. The van der Waals surface area contributed by atoms with Crippen molar-refractivity contribution in [3.8, 4) is 0 Å². The number of para-hydroxylation sites is 1. The molecule has 0 radical (unpaired) electrons. The highest BCUT2D eigenvalue weighted by Gasteiger charge is 2.20. The summed E-state index contributed by atoms with van der Waals surface area (Å²) in [5.41, 5.74) is 1.02. The van der Waals surface area contributed by atoms with Crippen LogP contribution in [0.4, 0.5) is 5.69 Å². The number of anilines is 1. The molecule has 2 amide bonds. The SMILES string of the molecule is CC(NC(=O)c1ccn(C2CCCNC2)n1)C(=O)Nc1ccccc1. The van der Waals surface area contributed by atoms with Gasteiger partial charge in [-0.05, 0) is 44.5 Å². The predicted octanol–water partition coefficient (Wildman–Crippen LogP) is 1.56. The van der Waals surface area contributed by atoms with Crippen molar-refractivity contribution >= 4 is 17.5 Å². The minimum Gasteiger partial charge on any atom is -0.339 e. The van der Waals surface area contributed by atoms with Crippen LogP contribution in [0, 0.1) is 0 Å². The molecule has 2 heterocycles. The number of carbonyl (C=O) groups is 2. The van der Waals surface area contributed by atoms with E-state index < -0.39 is 6.04 Å². The van der Waals surface area contributed by atoms with Crippen LogP contribution in [0.5, 0.6) is 0 Å². The number of nitrogens with one attached hydrogen (secondary N) is 3. The Morgan fingerprint density at radius 1 is 1.28 bits per heavy atom. The molecular formula is C18H23N5O2. The third-order valence-corrected chi connectivity index (χ3v) is 4.27. The molecule has 0 saturated carbocycles. The van der Waals surface area contributed by atoms with Gasteiger partial charge in [0, 0.05) is 18.4 Å². The van der Waals surface area contributed by atoms with Gasteiger partial charge in [-0.1, -0.05) is 18.2 Å².